The first-order chi connectivity index (χ1) is 7.54. The van der Waals surface area contributed by atoms with Crippen molar-refractivity contribution in [1.29, 1.82) is 0 Å². The molecule has 86 valence electrons. The number of benzene rings is 1. The standard InChI is InChI=1S/C11H14N2O3/c1-16-10-6-9(13(14)15)3-2-8(10)7-11(12)4-5-11/h2-3,6H,4-5,7,12H2,1H3. The van der Waals surface area contributed by atoms with E-state index in [0.717, 1.165) is 18.4 Å². The van der Waals surface area contributed by atoms with E-state index in [1.165, 1.54) is 19.2 Å². The van der Waals surface area contributed by atoms with E-state index in [-0.39, 0.29) is 11.2 Å². The minimum absolute atomic E-state index is 0.0440. The summed E-state index contributed by atoms with van der Waals surface area (Å²) in [5.41, 5.74) is 6.87. The van der Waals surface area contributed by atoms with E-state index < -0.39 is 4.92 Å². The summed E-state index contributed by atoms with van der Waals surface area (Å²) in [5.74, 6) is 0.547. The first-order valence-corrected chi connectivity index (χ1v) is 5.14. The SMILES string of the molecule is COc1cc([N+](=O)[O-])ccc1CC1(N)CC1. The summed E-state index contributed by atoms with van der Waals surface area (Å²) in [7, 11) is 1.51. The molecule has 0 radical (unpaired) electrons. The zero-order chi connectivity index (χ0) is 11.8. The van der Waals surface area contributed by atoms with E-state index in [1.807, 2.05) is 0 Å². The second-order valence-corrected chi connectivity index (χ2v) is 4.29. The summed E-state index contributed by atoms with van der Waals surface area (Å²) < 4.78 is 5.15. The lowest BCUT2D eigenvalue weighted by Crippen LogP contribution is -2.24. The summed E-state index contributed by atoms with van der Waals surface area (Å²) in [5, 5.41) is 10.6. The minimum atomic E-state index is -0.429. The molecule has 0 atom stereocenters. The normalized spacial score (nSPS) is 16.9. The summed E-state index contributed by atoms with van der Waals surface area (Å²) in [4.78, 5) is 10.2. The Morgan fingerprint density at radius 3 is 2.75 bits per heavy atom. The molecule has 1 aromatic carbocycles. The van der Waals surface area contributed by atoms with Gasteiger partial charge in [-0.3, -0.25) is 10.1 Å². The number of rotatable bonds is 4. The summed E-state index contributed by atoms with van der Waals surface area (Å²) in [6, 6.07) is 4.66. The molecule has 1 aliphatic rings. The highest BCUT2D eigenvalue weighted by Gasteiger charge is 2.38. The molecule has 0 unspecified atom stereocenters. The van der Waals surface area contributed by atoms with Crippen molar-refractivity contribution in [1.82, 2.24) is 0 Å². The van der Waals surface area contributed by atoms with Crippen molar-refractivity contribution < 1.29 is 9.66 Å². The van der Waals surface area contributed by atoms with Gasteiger partial charge in [-0.05, 0) is 30.9 Å². The van der Waals surface area contributed by atoms with Gasteiger partial charge in [-0.25, -0.2) is 0 Å². The second-order valence-electron chi connectivity index (χ2n) is 4.29. The van der Waals surface area contributed by atoms with Crippen LogP contribution in [-0.4, -0.2) is 17.6 Å². The molecule has 1 saturated carbocycles. The lowest BCUT2D eigenvalue weighted by Gasteiger charge is -2.12. The molecule has 0 heterocycles. The lowest BCUT2D eigenvalue weighted by atomic mass is 10.0. The second kappa shape index (κ2) is 3.75. The van der Waals surface area contributed by atoms with Crippen molar-refractivity contribution in [2.24, 2.45) is 5.73 Å². The zero-order valence-corrected chi connectivity index (χ0v) is 9.10. The van der Waals surface area contributed by atoms with Gasteiger partial charge in [-0.15, -0.1) is 0 Å². The van der Waals surface area contributed by atoms with E-state index in [0.29, 0.717) is 12.2 Å². The maximum Gasteiger partial charge on any atom is 0.273 e. The van der Waals surface area contributed by atoms with Gasteiger partial charge in [0.2, 0.25) is 0 Å². The molecule has 2 rings (SSSR count). The van der Waals surface area contributed by atoms with Crippen molar-refractivity contribution in [2.45, 2.75) is 24.8 Å². The third-order valence-corrected chi connectivity index (χ3v) is 2.92. The summed E-state index contributed by atoms with van der Waals surface area (Å²) in [6.45, 7) is 0. The average Bonchev–Trinajstić information content (AvgIpc) is 2.96. The fourth-order valence-electron chi connectivity index (χ4n) is 1.71. The van der Waals surface area contributed by atoms with Gasteiger partial charge in [-0.2, -0.15) is 0 Å². The van der Waals surface area contributed by atoms with Crippen LogP contribution >= 0.6 is 0 Å². The Bertz CT molecular complexity index is 427. The summed E-state index contributed by atoms with van der Waals surface area (Å²) >= 11 is 0. The van der Waals surface area contributed by atoms with Gasteiger partial charge in [-0.1, -0.05) is 0 Å². The molecule has 0 saturated heterocycles. The van der Waals surface area contributed by atoms with Crippen molar-refractivity contribution in [3.8, 4) is 5.75 Å². The molecule has 16 heavy (non-hydrogen) atoms. The molecular weight excluding hydrogens is 208 g/mol. The number of nitrogens with zero attached hydrogens (tertiary/aromatic N) is 1. The van der Waals surface area contributed by atoms with E-state index in [1.54, 1.807) is 6.07 Å². The third-order valence-electron chi connectivity index (χ3n) is 2.92. The molecule has 1 aromatic rings. The van der Waals surface area contributed by atoms with Crippen LogP contribution in [0.5, 0.6) is 5.75 Å². The van der Waals surface area contributed by atoms with Crippen molar-refractivity contribution >= 4 is 5.69 Å². The van der Waals surface area contributed by atoms with Gasteiger partial charge in [0.25, 0.3) is 5.69 Å². The number of nitro groups is 1. The molecule has 1 aliphatic carbocycles. The number of nitro benzene ring substituents is 1. The molecule has 0 spiro atoms. The largest absolute Gasteiger partial charge is 0.496 e. The maximum atomic E-state index is 10.6. The van der Waals surface area contributed by atoms with Crippen LogP contribution in [0.25, 0.3) is 0 Å². The number of methoxy groups -OCH3 is 1. The minimum Gasteiger partial charge on any atom is -0.496 e. The van der Waals surface area contributed by atoms with Gasteiger partial charge in [0.05, 0.1) is 18.1 Å². The Morgan fingerprint density at radius 2 is 2.25 bits per heavy atom. The number of non-ortho nitro benzene ring substituents is 1. The van der Waals surface area contributed by atoms with Gasteiger partial charge in [0, 0.05) is 11.6 Å². The van der Waals surface area contributed by atoms with Gasteiger partial charge in [0.1, 0.15) is 5.75 Å². The van der Waals surface area contributed by atoms with Crippen molar-refractivity contribution in [3.05, 3.63) is 33.9 Å². The highest BCUT2D eigenvalue weighted by atomic mass is 16.6. The van der Waals surface area contributed by atoms with E-state index in [4.69, 9.17) is 10.5 Å². The number of hydrogen-bond acceptors (Lipinski definition) is 4. The van der Waals surface area contributed by atoms with E-state index in [9.17, 15) is 10.1 Å². The van der Waals surface area contributed by atoms with Crippen LogP contribution in [0.3, 0.4) is 0 Å². The molecule has 0 amide bonds. The Kier molecular flexibility index (Phi) is 2.55. The quantitative estimate of drug-likeness (QED) is 0.620. The Hall–Kier alpha value is -1.62. The number of hydrogen-bond donors (Lipinski definition) is 1. The molecule has 2 N–H and O–H groups in total. The van der Waals surface area contributed by atoms with Crippen LogP contribution in [0, 0.1) is 10.1 Å². The topological polar surface area (TPSA) is 78.4 Å². The fraction of sp³-hybridized carbons (Fsp3) is 0.455. The first kappa shape index (κ1) is 10.9. The third kappa shape index (κ3) is 2.14. The van der Waals surface area contributed by atoms with Gasteiger partial charge >= 0.3 is 0 Å². The van der Waals surface area contributed by atoms with Crippen LogP contribution in [0.1, 0.15) is 18.4 Å². The predicted octanol–water partition coefficient (Wildman–Crippen LogP) is 1.64. The lowest BCUT2D eigenvalue weighted by molar-refractivity contribution is -0.384. The highest BCUT2D eigenvalue weighted by molar-refractivity contribution is 5.45. The molecule has 0 aromatic heterocycles. The molecular formula is C11H14N2O3. The predicted molar refractivity (Wildman–Crippen MR) is 59.5 cm³/mol. The molecule has 5 heteroatoms. The molecule has 0 aliphatic heterocycles. The van der Waals surface area contributed by atoms with Crippen LogP contribution in [0.15, 0.2) is 18.2 Å². The molecule has 1 fully saturated rings. The van der Waals surface area contributed by atoms with Crippen LogP contribution in [0.4, 0.5) is 5.69 Å². The number of ether oxygens (including phenoxy) is 1. The average molecular weight is 222 g/mol. The summed E-state index contributed by atoms with van der Waals surface area (Å²) in [6.07, 6.45) is 2.73. The Balaban J connectivity index is 2.27. The smallest absolute Gasteiger partial charge is 0.273 e. The Labute approximate surface area is 93.4 Å². The van der Waals surface area contributed by atoms with Gasteiger partial charge < -0.3 is 10.5 Å². The van der Waals surface area contributed by atoms with E-state index >= 15 is 0 Å². The van der Waals surface area contributed by atoms with Crippen LogP contribution in [0.2, 0.25) is 0 Å². The Morgan fingerprint density at radius 1 is 1.56 bits per heavy atom. The maximum absolute atomic E-state index is 10.6. The van der Waals surface area contributed by atoms with Crippen molar-refractivity contribution in [3.63, 3.8) is 0 Å². The van der Waals surface area contributed by atoms with Crippen molar-refractivity contribution in [2.75, 3.05) is 7.11 Å². The monoisotopic (exact) mass is 222 g/mol. The fourth-order valence-corrected chi connectivity index (χ4v) is 1.71. The van der Waals surface area contributed by atoms with Crippen LogP contribution in [-0.2, 0) is 6.42 Å². The zero-order valence-electron chi connectivity index (χ0n) is 9.10. The van der Waals surface area contributed by atoms with Gasteiger partial charge in [0.15, 0.2) is 0 Å². The number of nitrogens with two attached hydrogens (primary N) is 1. The van der Waals surface area contributed by atoms with E-state index in [2.05, 4.69) is 0 Å². The molecule has 5 nitrogen and oxygen atoms in total. The molecule has 0 bridgehead atoms. The first-order valence-electron chi connectivity index (χ1n) is 5.14. The highest BCUT2D eigenvalue weighted by Crippen LogP contribution is 2.38. The van der Waals surface area contributed by atoms with Crippen LogP contribution < -0.4 is 10.5 Å².